The molecule has 29 heavy (non-hydrogen) atoms. The van der Waals surface area contributed by atoms with Crippen molar-refractivity contribution in [2.24, 2.45) is 28.6 Å². The van der Waals surface area contributed by atoms with Crippen LogP contribution in [-0.2, 0) is 9.53 Å². The summed E-state index contributed by atoms with van der Waals surface area (Å²) in [6.45, 7) is 2.41. The lowest BCUT2D eigenvalue weighted by Gasteiger charge is -2.66. The Balaban J connectivity index is 1.51. The van der Waals surface area contributed by atoms with Gasteiger partial charge >= 0.3 is 5.97 Å². The summed E-state index contributed by atoms with van der Waals surface area (Å²) in [6.07, 6.45) is 7.02. The van der Waals surface area contributed by atoms with Gasteiger partial charge in [0.1, 0.15) is 6.61 Å². The Morgan fingerprint density at radius 1 is 1.07 bits per heavy atom. The zero-order chi connectivity index (χ0) is 20.7. The molecule has 162 valence electrons. The number of aliphatic hydroxyl groups is 4. The molecule has 4 N–H and O–H groups in total. The van der Waals surface area contributed by atoms with Gasteiger partial charge in [-0.1, -0.05) is 6.92 Å². The second-order valence-corrected chi connectivity index (χ2v) is 10.8. The Morgan fingerprint density at radius 3 is 2.52 bits per heavy atom. The fraction of sp³-hybridized carbons (Fsp3) is 0.870. The molecule has 0 unspecified atom stereocenters. The van der Waals surface area contributed by atoms with Crippen molar-refractivity contribution in [3.05, 3.63) is 11.6 Å². The molecule has 8 atom stereocenters. The summed E-state index contributed by atoms with van der Waals surface area (Å²) >= 11 is 0. The fourth-order valence-corrected chi connectivity index (χ4v) is 8.52. The molecule has 0 spiro atoms. The number of ether oxygens (including phenoxy) is 1. The number of hydrogen-bond acceptors (Lipinski definition) is 6. The maximum atomic E-state index is 12.1. The van der Waals surface area contributed by atoms with E-state index < -0.39 is 22.7 Å². The lowest BCUT2D eigenvalue weighted by molar-refractivity contribution is -0.269. The first-order valence-electron chi connectivity index (χ1n) is 11.3. The number of hydrogen-bond donors (Lipinski definition) is 4. The predicted octanol–water partition coefficient (Wildman–Crippen LogP) is 1.69. The van der Waals surface area contributed by atoms with E-state index in [4.69, 9.17) is 4.74 Å². The van der Waals surface area contributed by atoms with E-state index in [0.29, 0.717) is 45.1 Å². The van der Waals surface area contributed by atoms with Crippen LogP contribution in [0.3, 0.4) is 0 Å². The minimum absolute atomic E-state index is 0.0209. The molecule has 0 radical (unpaired) electrons. The zero-order valence-corrected chi connectivity index (χ0v) is 17.3. The van der Waals surface area contributed by atoms with Crippen LogP contribution >= 0.6 is 0 Å². The van der Waals surface area contributed by atoms with Crippen molar-refractivity contribution in [2.75, 3.05) is 13.2 Å². The van der Waals surface area contributed by atoms with Gasteiger partial charge in [-0.15, -0.1) is 0 Å². The largest absolute Gasteiger partial charge is 0.458 e. The maximum absolute atomic E-state index is 12.1. The fourth-order valence-electron chi connectivity index (χ4n) is 8.52. The van der Waals surface area contributed by atoms with Gasteiger partial charge in [-0.2, -0.15) is 0 Å². The molecule has 4 aliphatic carbocycles. The summed E-state index contributed by atoms with van der Waals surface area (Å²) in [4.78, 5) is 11.6. The van der Waals surface area contributed by atoms with Gasteiger partial charge in [-0.3, -0.25) is 0 Å². The third-order valence-corrected chi connectivity index (χ3v) is 10.1. The Kier molecular flexibility index (Phi) is 4.33. The molecule has 4 fully saturated rings. The lowest BCUT2D eigenvalue weighted by Crippen LogP contribution is -2.69. The van der Waals surface area contributed by atoms with E-state index >= 15 is 0 Å². The SMILES string of the molecule is C[C@]12CC[C@H]3[C@H](CC[C@@]4(O)C[C@@H](O)CC[C@]34CO)[C@]1(O)CC[C@@H]2C1=CC(=O)OC1. The number of aliphatic hydroxyl groups excluding tert-OH is 2. The second-order valence-electron chi connectivity index (χ2n) is 10.8. The van der Waals surface area contributed by atoms with Gasteiger partial charge in [0, 0.05) is 23.3 Å². The Hall–Kier alpha value is -0.950. The Bertz CT molecular complexity index is 750. The highest BCUT2D eigenvalue weighted by atomic mass is 16.5. The van der Waals surface area contributed by atoms with E-state index in [1.165, 1.54) is 0 Å². The topological polar surface area (TPSA) is 107 Å². The molecular weight excluding hydrogens is 372 g/mol. The van der Waals surface area contributed by atoms with E-state index in [-0.39, 0.29) is 35.7 Å². The summed E-state index contributed by atoms with van der Waals surface area (Å²) in [5.74, 6) is -0.0760. The standard InChI is InChI=1S/C23H34O6/c1-20-6-3-17-18(4-8-22(27)11-15(25)2-7-21(17,22)13-24)23(20,28)9-5-16(20)14-10-19(26)29-12-14/h10,15-18,24-25,27-28H,2-9,11-13H2,1H3/t15-,16+,17-,18-,20+,21-,22+,23+/m0/s1. The predicted molar refractivity (Wildman–Crippen MR) is 105 cm³/mol. The first kappa shape index (κ1) is 20.0. The second kappa shape index (κ2) is 6.28. The van der Waals surface area contributed by atoms with Crippen LogP contribution in [0.5, 0.6) is 0 Å². The molecular formula is C23H34O6. The number of carbonyl (C=O) groups excluding carboxylic acids is 1. The third-order valence-electron chi connectivity index (χ3n) is 10.1. The van der Waals surface area contributed by atoms with Crippen molar-refractivity contribution in [2.45, 2.75) is 82.0 Å². The van der Waals surface area contributed by atoms with Crippen LogP contribution in [0, 0.1) is 28.6 Å². The van der Waals surface area contributed by atoms with Crippen molar-refractivity contribution in [1.29, 1.82) is 0 Å². The Morgan fingerprint density at radius 2 is 1.83 bits per heavy atom. The molecule has 6 heteroatoms. The van der Waals surface area contributed by atoms with Crippen molar-refractivity contribution in [3.63, 3.8) is 0 Å². The highest BCUT2D eigenvalue weighted by molar-refractivity contribution is 5.85. The summed E-state index contributed by atoms with van der Waals surface area (Å²) in [7, 11) is 0. The molecule has 0 amide bonds. The molecule has 1 heterocycles. The van der Waals surface area contributed by atoms with Gasteiger partial charge in [0.15, 0.2) is 0 Å². The highest BCUT2D eigenvalue weighted by Crippen LogP contribution is 2.70. The van der Waals surface area contributed by atoms with Gasteiger partial charge in [0.2, 0.25) is 0 Å². The van der Waals surface area contributed by atoms with Crippen LogP contribution in [0.4, 0.5) is 0 Å². The molecule has 5 rings (SSSR count). The third kappa shape index (κ3) is 2.40. The average Bonchev–Trinajstić information content (AvgIpc) is 3.21. The Labute approximate surface area is 172 Å². The quantitative estimate of drug-likeness (QED) is 0.520. The first-order chi connectivity index (χ1) is 13.7. The van der Waals surface area contributed by atoms with E-state index in [1.807, 2.05) is 0 Å². The van der Waals surface area contributed by atoms with E-state index in [0.717, 1.165) is 24.8 Å². The molecule has 0 saturated heterocycles. The van der Waals surface area contributed by atoms with Gasteiger partial charge < -0.3 is 25.2 Å². The average molecular weight is 407 g/mol. The molecule has 0 aromatic rings. The maximum Gasteiger partial charge on any atom is 0.331 e. The summed E-state index contributed by atoms with van der Waals surface area (Å²) in [6, 6.07) is 0. The minimum Gasteiger partial charge on any atom is -0.458 e. The molecule has 0 bridgehead atoms. The summed E-state index contributed by atoms with van der Waals surface area (Å²) in [5, 5.41) is 44.4. The van der Waals surface area contributed by atoms with Gasteiger partial charge in [-0.25, -0.2) is 4.79 Å². The van der Waals surface area contributed by atoms with E-state index in [1.54, 1.807) is 6.08 Å². The number of fused-ring (bicyclic) bond motifs is 5. The monoisotopic (exact) mass is 406 g/mol. The molecule has 0 aromatic carbocycles. The first-order valence-corrected chi connectivity index (χ1v) is 11.3. The van der Waals surface area contributed by atoms with Crippen LogP contribution in [-0.4, -0.2) is 56.9 Å². The van der Waals surface area contributed by atoms with Crippen LogP contribution in [0.25, 0.3) is 0 Å². The highest BCUT2D eigenvalue weighted by Gasteiger charge is 2.71. The van der Waals surface area contributed by atoms with Crippen molar-refractivity contribution < 1.29 is 30.0 Å². The smallest absolute Gasteiger partial charge is 0.331 e. The van der Waals surface area contributed by atoms with E-state index in [9.17, 15) is 25.2 Å². The zero-order valence-electron chi connectivity index (χ0n) is 17.3. The van der Waals surface area contributed by atoms with Crippen LogP contribution in [0.1, 0.15) is 64.7 Å². The van der Waals surface area contributed by atoms with Crippen molar-refractivity contribution >= 4 is 5.97 Å². The van der Waals surface area contributed by atoms with Gasteiger partial charge in [0.25, 0.3) is 0 Å². The molecule has 4 saturated carbocycles. The number of cyclic esters (lactones) is 1. The van der Waals surface area contributed by atoms with Crippen LogP contribution in [0.2, 0.25) is 0 Å². The minimum atomic E-state index is -1.06. The normalized spacial score (nSPS) is 54.2. The molecule has 1 aliphatic heterocycles. The van der Waals surface area contributed by atoms with E-state index in [2.05, 4.69) is 6.92 Å². The van der Waals surface area contributed by atoms with Crippen molar-refractivity contribution in [1.82, 2.24) is 0 Å². The lowest BCUT2D eigenvalue weighted by atomic mass is 9.41. The van der Waals surface area contributed by atoms with Crippen LogP contribution in [0.15, 0.2) is 11.6 Å². The number of carbonyl (C=O) groups is 1. The molecule has 6 nitrogen and oxygen atoms in total. The summed E-state index contributed by atoms with van der Waals surface area (Å²) in [5.41, 5.74) is -1.88. The van der Waals surface area contributed by atoms with Gasteiger partial charge in [-0.05, 0) is 74.7 Å². The molecule has 0 aromatic heterocycles. The molecule has 5 aliphatic rings. The summed E-state index contributed by atoms with van der Waals surface area (Å²) < 4.78 is 5.17. The van der Waals surface area contributed by atoms with Crippen LogP contribution < -0.4 is 0 Å². The van der Waals surface area contributed by atoms with Crippen molar-refractivity contribution in [3.8, 4) is 0 Å². The number of esters is 1. The number of rotatable bonds is 2. The van der Waals surface area contributed by atoms with Gasteiger partial charge in [0.05, 0.1) is 23.9 Å².